The highest BCUT2D eigenvalue weighted by Crippen LogP contribution is 2.28. The molecule has 0 amide bonds. The van der Waals surface area contributed by atoms with Crippen LogP contribution < -0.4 is 0 Å². The summed E-state index contributed by atoms with van der Waals surface area (Å²) in [6, 6.07) is 9.00. The molecule has 0 aliphatic rings. The average molecular weight is 272 g/mol. The number of hydrogen-bond acceptors (Lipinski definition) is 3. The second kappa shape index (κ2) is 5.05. The van der Waals surface area contributed by atoms with E-state index in [1.807, 2.05) is 0 Å². The zero-order valence-electron chi connectivity index (χ0n) is 10.6. The smallest absolute Gasteiger partial charge is 0.339 e. The van der Waals surface area contributed by atoms with Crippen molar-refractivity contribution in [1.29, 1.82) is 0 Å². The highest BCUT2D eigenvalue weighted by molar-refractivity contribution is 5.92. The molecule has 5 nitrogen and oxygen atoms in total. The fraction of sp³-hybridized carbons (Fsp3) is 0.0667. The number of aromatic carboxylic acids is 2. The number of benzene rings is 2. The number of rotatable bonds is 3. The lowest BCUT2D eigenvalue weighted by Gasteiger charge is -2.07. The monoisotopic (exact) mass is 272 g/mol. The van der Waals surface area contributed by atoms with Crippen LogP contribution in [0.3, 0.4) is 0 Å². The summed E-state index contributed by atoms with van der Waals surface area (Å²) in [5.41, 5.74) is 1.96. The quantitative estimate of drug-likeness (QED) is 0.798. The topological polar surface area (TPSA) is 94.8 Å². The van der Waals surface area contributed by atoms with Crippen molar-refractivity contribution in [3.8, 4) is 16.9 Å². The zero-order chi connectivity index (χ0) is 14.9. The normalized spacial score (nSPS) is 10.2. The number of phenols is 1. The molecule has 0 unspecified atom stereocenters. The van der Waals surface area contributed by atoms with Crippen molar-refractivity contribution in [2.75, 3.05) is 0 Å². The molecule has 2 aromatic carbocycles. The van der Waals surface area contributed by atoms with Crippen LogP contribution in [0.2, 0.25) is 0 Å². The molecule has 0 aliphatic carbocycles. The third-order valence-corrected chi connectivity index (χ3v) is 3.02. The van der Waals surface area contributed by atoms with Gasteiger partial charge in [-0.25, -0.2) is 9.59 Å². The van der Waals surface area contributed by atoms with Crippen molar-refractivity contribution in [1.82, 2.24) is 0 Å². The summed E-state index contributed by atoms with van der Waals surface area (Å²) in [5.74, 6) is -2.53. The largest absolute Gasteiger partial charge is 0.507 e. The molecule has 0 saturated heterocycles. The van der Waals surface area contributed by atoms with Gasteiger partial charge in [-0.3, -0.25) is 0 Å². The summed E-state index contributed by atoms with van der Waals surface area (Å²) >= 11 is 0. The van der Waals surface area contributed by atoms with Gasteiger partial charge in [0.1, 0.15) is 11.3 Å². The Morgan fingerprint density at radius 2 is 1.35 bits per heavy atom. The van der Waals surface area contributed by atoms with Gasteiger partial charge in [0, 0.05) is 0 Å². The molecular weight excluding hydrogens is 260 g/mol. The van der Waals surface area contributed by atoms with E-state index in [4.69, 9.17) is 10.2 Å². The van der Waals surface area contributed by atoms with Crippen molar-refractivity contribution in [2.45, 2.75) is 6.92 Å². The highest BCUT2D eigenvalue weighted by atomic mass is 16.4. The Bertz CT molecular complexity index is 642. The maximum atomic E-state index is 10.9. The minimum absolute atomic E-state index is 0.173. The van der Waals surface area contributed by atoms with Crippen LogP contribution in [0.5, 0.6) is 5.75 Å². The Hall–Kier alpha value is -2.82. The number of aromatic hydroxyl groups is 1. The molecule has 20 heavy (non-hydrogen) atoms. The van der Waals surface area contributed by atoms with E-state index in [9.17, 15) is 14.7 Å². The Morgan fingerprint density at radius 1 is 0.850 bits per heavy atom. The van der Waals surface area contributed by atoms with Crippen LogP contribution in [0, 0.1) is 6.92 Å². The first-order valence-corrected chi connectivity index (χ1v) is 5.81. The summed E-state index contributed by atoms with van der Waals surface area (Å²) < 4.78 is 0. The Kier molecular flexibility index (Phi) is 3.43. The maximum Gasteiger partial charge on any atom is 0.339 e. The standard InChI is InChI=1S/C15H12O5/c1-8-6-9(2-4-11(8)14(17)18)10-3-5-12(15(19)20)13(16)7-10/h2-7,16H,1H3,(H,17,18)(H,19,20). The molecule has 2 aromatic rings. The van der Waals surface area contributed by atoms with Crippen molar-refractivity contribution in [2.24, 2.45) is 0 Å². The van der Waals surface area contributed by atoms with Crippen LogP contribution in [0.25, 0.3) is 11.1 Å². The first kappa shape index (κ1) is 13.6. The molecule has 5 heteroatoms. The van der Waals surface area contributed by atoms with Crippen LogP contribution in [0.4, 0.5) is 0 Å². The van der Waals surface area contributed by atoms with Gasteiger partial charge < -0.3 is 15.3 Å². The maximum absolute atomic E-state index is 10.9. The molecule has 0 aromatic heterocycles. The third-order valence-electron chi connectivity index (χ3n) is 3.02. The van der Waals surface area contributed by atoms with E-state index in [2.05, 4.69) is 0 Å². The molecule has 0 heterocycles. The lowest BCUT2D eigenvalue weighted by molar-refractivity contribution is 0.0683. The van der Waals surface area contributed by atoms with Gasteiger partial charge >= 0.3 is 11.9 Å². The highest BCUT2D eigenvalue weighted by Gasteiger charge is 2.12. The van der Waals surface area contributed by atoms with Gasteiger partial charge in [-0.05, 0) is 41.8 Å². The van der Waals surface area contributed by atoms with Crippen LogP contribution >= 0.6 is 0 Å². The SMILES string of the molecule is Cc1cc(-c2ccc(C(=O)O)c(O)c2)ccc1C(=O)O. The number of carboxylic acid groups (broad SMARTS) is 2. The molecule has 0 atom stereocenters. The fourth-order valence-electron chi connectivity index (χ4n) is 1.98. The molecular formula is C15H12O5. The van der Waals surface area contributed by atoms with Crippen LogP contribution in [-0.4, -0.2) is 27.3 Å². The molecule has 0 aliphatic heterocycles. The van der Waals surface area contributed by atoms with Gasteiger partial charge in [0.15, 0.2) is 0 Å². The van der Waals surface area contributed by atoms with E-state index < -0.39 is 11.9 Å². The number of carbonyl (C=O) groups is 2. The first-order valence-electron chi connectivity index (χ1n) is 5.81. The Labute approximate surface area is 114 Å². The number of hydrogen-bond donors (Lipinski definition) is 3. The van der Waals surface area contributed by atoms with E-state index in [-0.39, 0.29) is 16.9 Å². The molecule has 0 bridgehead atoms. The number of aryl methyl sites for hydroxylation is 1. The van der Waals surface area contributed by atoms with Gasteiger partial charge in [-0.1, -0.05) is 18.2 Å². The van der Waals surface area contributed by atoms with E-state index in [1.165, 1.54) is 18.2 Å². The van der Waals surface area contributed by atoms with Crippen LogP contribution in [0.15, 0.2) is 36.4 Å². The predicted molar refractivity (Wildman–Crippen MR) is 72.2 cm³/mol. The van der Waals surface area contributed by atoms with Gasteiger partial charge in [0.25, 0.3) is 0 Å². The molecule has 0 radical (unpaired) electrons. The summed E-state index contributed by atoms with van der Waals surface area (Å²) in [6.07, 6.45) is 0. The predicted octanol–water partition coefficient (Wildman–Crippen LogP) is 2.76. The first-order chi connectivity index (χ1) is 9.40. The molecule has 3 N–H and O–H groups in total. The summed E-state index contributed by atoms with van der Waals surface area (Å²) in [6.45, 7) is 1.68. The molecule has 0 fully saturated rings. The third kappa shape index (κ3) is 2.47. The van der Waals surface area contributed by atoms with Gasteiger partial charge in [0.05, 0.1) is 5.56 Å². The van der Waals surface area contributed by atoms with Crippen LogP contribution in [0.1, 0.15) is 26.3 Å². The minimum Gasteiger partial charge on any atom is -0.507 e. The zero-order valence-corrected chi connectivity index (χ0v) is 10.6. The lowest BCUT2D eigenvalue weighted by Crippen LogP contribution is -1.99. The van der Waals surface area contributed by atoms with E-state index in [0.717, 1.165) is 0 Å². The summed E-state index contributed by atoms with van der Waals surface area (Å²) in [5, 5.41) is 27.5. The minimum atomic E-state index is -1.20. The van der Waals surface area contributed by atoms with E-state index in [0.29, 0.717) is 16.7 Å². The fourth-order valence-corrected chi connectivity index (χ4v) is 1.98. The molecule has 102 valence electrons. The van der Waals surface area contributed by atoms with Crippen molar-refractivity contribution >= 4 is 11.9 Å². The van der Waals surface area contributed by atoms with Crippen molar-refractivity contribution < 1.29 is 24.9 Å². The second-order valence-corrected chi connectivity index (χ2v) is 4.37. The van der Waals surface area contributed by atoms with Gasteiger partial charge in [0.2, 0.25) is 0 Å². The van der Waals surface area contributed by atoms with E-state index in [1.54, 1.807) is 25.1 Å². The van der Waals surface area contributed by atoms with Crippen LogP contribution in [-0.2, 0) is 0 Å². The van der Waals surface area contributed by atoms with Crippen molar-refractivity contribution in [3.63, 3.8) is 0 Å². The molecule has 0 spiro atoms. The summed E-state index contributed by atoms with van der Waals surface area (Å²) in [4.78, 5) is 21.8. The summed E-state index contributed by atoms with van der Waals surface area (Å²) in [7, 11) is 0. The van der Waals surface area contributed by atoms with Crippen molar-refractivity contribution in [3.05, 3.63) is 53.1 Å². The average Bonchev–Trinajstić information content (AvgIpc) is 2.37. The number of carboxylic acids is 2. The van der Waals surface area contributed by atoms with Gasteiger partial charge in [-0.15, -0.1) is 0 Å². The van der Waals surface area contributed by atoms with E-state index >= 15 is 0 Å². The molecule has 0 saturated carbocycles. The van der Waals surface area contributed by atoms with Gasteiger partial charge in [-0.2, -0.15) is 0 Å². The Morgan fingerprint density at radius 3 is 1.80 bits per heavy atom. The second-order valence-electron chi connectivity index (χ2n) is 4.37. The lowest BCUT2D eigenvalue weighted by atomic mass is 9.98. The molecule has 2 rings (SSSR count). The Balaban J connectivity index is 2.47.